The van der Waals surface area contributed by atoms with Crippen molar-refractivity contribution in [3.8, 4) is 5.75 Å². The van der Waals surface area contributed by atoms with Gasteiger partial charge in [0.1, 0.15) is 11.3 Å². The Balaban J connectivity index is 1.46. The zero-order valence-electron chi connectivity index (χ0n) is 17.9. The van der Waals surface area contributed by atoms with Gasteiger partial charge in [-0.05, 0) is 43.0 Å². The van der Waals surface area contributed by atoms with Crippen molar-refractivity contribution < 1.29 is 19.1 Å². The van der Waals surface area contributed by atoms with Crippen molar-refractivity contribution in [3.05, 3.63) is 65.2 Å². The highest BCUT2D eigenvalue weighted by Crippen LogP contribution is 2.30. The smallest absolute Gasteiger partial charge is 0.325 e. The monoisotopic (exact) mass is 421 g/mol. The number of carbonyl (C=O) groups is 3. The standard InChI is InChI=1S/C24H27N3O4/c1-17-7-9-18(10-8-17)15-27-22(29)24(25-23(27)30)11-4-12-26(16-24)21(28)14-19-5-3-6-20(13-19)31-2/h3,5-10,13H,4,11-12,14-16H2,1-2H3,(H,25,30)/t24-/m0/s1. The minimum Gasteiger partial charge on any atom is -0.497 e. The molecule has 0 aromatic heterocycles. The molecule has 2 saturated heterocycles. The molecular formula is C24H27N3O4. The van der Waals surface area contributed by atoms with Crippen LogP contribution in [0.1, 0.15) is 29.5 Å². The van der Waals surface area contributed by atoms with E-state index in [1.165, 1.54) is 4.90 Å². The van der Waals surface area contributed by atoms with Crippen molar-refractivity contribution in [2.75, 3.05) is 20.2 Å². The number of aryl methyl sites for hydroxylation is 1. The second-order valence-corrected chi connectivity index (χ2v) is 8.34. The highest BCUT2D eigenvalue weighted by atomic mass is 16.5. The molecule has 162 valence electrons. The van der Waals surface area contributed by atoms with Gasteiger partial charge >= 0.3 is 6.03 Å². The summed E-state index contributed by atoms with van der Waals surface area (Å²) in [5, 5.41) is 2.89. The molecule has 4 rings (SSSR count). The summed E-state index contributed by atoms with van der Waals surface area (Å²) in [4.78, 5) is 41.8. The lowest BCUT2D eigenvalue weighted by Gasteiger charge is -2.38. The van der Waals surface area contributed by atoms with Gasteiger partial charge in [-0.25, -0.2) is 4.79 Å². The van der Waals surface area contributed by atoms with Gasteiger partial charge in [0, 0.05) is 6.54 Å². The molecule has 2 aromatic rings. The number of piperidine rings is 1. The lowest BCUT2D eigenvalue weighted by molar-refractivity contribution is -0.138. The largest absolute Gasteiger partial charge is 0.497 e. The van der Waals surface area contributed by atoms with E-state index >= 15 is 0 Å². The Morgan fingerprint density at radius 3 is 2.65 bits per heavy atom. The normalized spacial score (nSPS) is 20.8. The summed E-state index contributed by atoms with van der Waals surface area (Å²) < 4.78 is 5.23. The number of carbonyl (C=O) groups excluding carboxylic acids is 3. The first-order chi connectivity index (χ1) is 14.9. The van der Waals surface area contributed by atoms with Crippen LogP contribution in [0.3, 0.4) is 0 Å². The number of likely N-dealkylation sites (tertiary alicyclic amines) is 1. The fraction of sp³-hybridized carbons (Fsp3) is 0.375. The number of methoxy groups -OCH3 is 1. The number of hydrogen-bond donors (Lipinski definition) is 1. The van der Waals surface area contributed by atoms with E-state index in [0.29, 0.717) is 25.1 Å². The SMILES string of the molecule is COc1cccc(CC(=O)N2CCC[C@@]3(C2)NC(=O)N(Cc2ccc(C)cc2)C3=O)c1. The third-order valence-electron chi connectivity index (χ3n) is 6.04. The number of nitrogens with zero attached hydrogens (tertiary/aromatic N) is 2. The zero-order chi connectivity index (χ0) is 22.0. The van der Waals surface area contributed by atoms with Crippen LogP contribution in [0.4, 0.5) is 4.79 Å². The minimum absolute atomic E-state index is 0.0636. The molecule has 2 aliphatic heterocycles. The van der Waals surface area contributed by atoms with E-state index < -0.39 is 11.6 Å². The lowest BCUT2D eigenvalue weighted by atomic mass is 9.88. The average Bonchev–Trinajstić information content (AvgIpc) is 2.99. The first-order valence-electron chi connectivity index (χ1n) is 10.5. The van der Waals surface area contributed by atoms with Gasteiger partial charge in [-0.2, -0.15) is 0 Å². The summed E-state index contributed by atoms with van der Waals surface area (Å²) in [5.41, 5.74) is 1.83. The molecule has 7 heteroatoms. The molecule has 7 nitrogen and oxygen atoms in total. The number of urea groups is 1. The molecule has 31 heavy (non-hydrogen) atoms. The maximum atomic E-state index is 13.3. The molecule has 4 amide bonds. The van der Waals surface area contributed by atoms with Gasteiger partial charge in [0.05, 0.1) is 26.6 Å². The molecule has 1 atom stereocenters. The fourth-order valence-electron chi connectivity index (χ4n) is 4.31. The molecule has 1 spiro atoms. The van der Waals surface area contributed by atoms with Crippen molar-refractivity contribution in [3.63, 3.8) is 0 Å². The topological polar surface area (TPSA) is 79.0 Å². The van der Waals surface area contributed by atoms with E-state index in [-0.39, 0.29) is 31.3 Å². The summed E-state index contributed by atoms with van der Waals surface area (Å²) in [5.74, 6) is 0.383. The molecular weight excluding hydrogens is 394 g/mol. The molecule has 0 radical (unpaired) electrons. The number of imide groups is 1. The molecule has 0 bridgehead atoms. The van der Waals surface area contributed by atoms with Crippen LogP contribution in [0.25, 0.3) is 0 Å². The van der Waals surface area contributed by atoms with Gasteiger partial charge in [-0.1, -0.05) is 42.0 Å². The maximum Gasteiger partial charge on any atom is 0.325 e. The Hall–Kier alpha value is -3.35. The molecule has 1 N–H and O–H groups in total. The van der Waals surface area contributed by atoms with Crippen LogP contribution < -0.4 is 10.1 Å². The lowest BCUT2D eigenvalue weighted by Crippen LogP contribution is -2.59. The van der Waals surface area contributed by atoms with E-state index in [0.717, 1.165) is 16.7 Å². The molecule has 2 heterocycles. The molecule has 0 aliphatic carbocycles. The Morgan fingerprint density at radius 1 is 1.13 bits per heavy atom. The second kappa shape index (κ2) is 8.41. The van der Waals surface area contributed by atoms with Gasteiger partial charge in [0.2, 0.25) is 5.91 Å². The van der Waals surface area contributed by atoms with Gasteiger partial charge < -0.3 is 15.0 Å². The second-order valence-electron chi connectivity index (χ2n) is 8.34. The quantitative estimate of drug-likeness (QED) is 0.753. The Kier molecular flexibility index (Phi) is 5.67. The van der Waals surface area contributed by atoms with Crippen molar-refractivity contribution in [1.82, 2.24) is 15.1 Å². The van der Waals surface area contributed by atoms with E-state index in [2.05, 4.69) is 5.32 Å². The van der Waals surface area contributed by atoms with Crippen LogP contribution in [-0.4, -0.2) is 53.4 Å². The van der Waals surface area contributed by atoms with E-state index in [1.807, 2.05) is 55.5 Å². The Morgan fingerprint density at radius 2 is 1.90 bits per heavy atom. The third kappa shape index (κ3) is 4.26. The van der Waals surface area contributed by atoms with E-state index in [1.54, 1.807) is 12.0 Å². The predicted molar refractivity (Wildman–Crippen MR) is 116 cm³/mol. The van der Waals surface area contributed by atoms with Crippen LogP contribution >= 0.6 is 0 Å². The number of nitrogens with one attached hydrogen (secondary N) is 1. The number of ether oxygens (including phenoxy) is 1. The van der Waals surface area contributed by atoms with Gasteiger partial charge in [-0.3, -0.25) is 14.5 Å². The number of benzene rings is 2. The molecule has 2 aliphatic rings. The van der Waals surface area contributed by atoms with E-state index in [4.69, 9.17) is 4.74 Å². The summed E-state index contributed by atoms with van der Waals surface area (Å²) >= 11 is 0. The first kappa shape index (κ1) is 20.9. The van der Waals surface area contributed by atoms with Crippen molar-refractivity contribution in [2.45, 2.75) is 38.3 Å². The summed E-state index contributed by atoms with van der Waals surface area (Å²) in [6.07, 6.45) is 1.42. The molecule has 0 saturated carbocycles. The van der Waals surface area contributed by atoms with Crippen molar-refractivity contribution in [2.24, 2.45) is 0 Å². The highest BCUT2D eigenvalue weighted by molar-refractivity contribution is 6.07. The maximum absolute atomic E-state index is 13.3. The zero-order valence-corrected chi connectivity index (χ0v) is 17.9. The Labute approximate surface area is 182 Å². The number of hydrogen-bond acceptors (Lipinski definition) is 4. The average molecular weight is 421 g/mol. The number of amides is 4. The van der Waals surface area contributed by atoms with Gasteiger partial charge in [-0.15, -0.1) is 0 Å². The summed E-state index contributed by atoms with van der Waals surface area (Å²) in [7, 11) is 1.59. The first-order valence-corrected chi connectivity index (χ1v) is 10.5. The van der Waals surface area contributed by atoms with Crippen molar-refractivity contribution in [1.29, 1.82) is 0 Å². The fourth-order valence-corrected chi connectivity index (χ4v) is 4.31. The predicted octanol–water partition coefficient (Wildman–Crippen LogP) is 2.66. The minimum atomic E-state index is -1.04. The van der Waals surface area contributed by atoms with Crippen LogP contribution in [0.15, 0.2) is 48.5 Å². The molecule has 2 aromatic carbocycles. The summed E-state index contributed by atoms with van der Waals surface area (Å²) in [6.45, 7) is 2.99. The van der Waals surface area contributed by atoms with Crippen LogP contribution in [0, 0.1) is 6.92 Å². The summed E-state index contributed by atoms with van der Waals surface area (Å²) in [6, 6.07) is 14.8. The van der Waals surface area contributed by atoms with Crippen LogP contribution in [0.5, 0.6) is 5.75 Å². The number of rotatable bonds is 5. The van der Waals surface area contributed by atoms with E-state index in [9.17, 15) is 14.4 Å². The van der Waals surface area contributed by atoms with Crippen LogP contribution in [0.2, 0.25) is 0 Å². The van der Waals surface area contributed by atoms with Gasteiger partial charge in [0.15, 0.2) is 0 Å². The Bertz CT molecular complexity index is 1000. The highest BCUT2D eigenvalue weighted by Gasteiger charge is 2.53. The molecule has 2 fully saturated rings. The van der Waals surface area contributed by atoms with Gasteiger partial charge in [0.25, 0.3) is 5.91 Å². The molecule has 0 unspecified atom stereocenters. The van der Waals surface area contributed by atoms with Crippen molar-refractivity contribution >= 4 is 17.8 Å². The third-order valence-corrected chi connectivity index (χ3v) is 6.04. The van der Waals surface area contributed by atoms with Crippen LogP contribution in [-0.2, 0) is 22.6 Å².